The van der Waals surface area contributed by atoms with E-state index in [1.54, 1.807) is 0 Å². The Labute approximate surface area is 104 Å². The van der Waals surface area contributed by atoms with Gasteiger partial charge in [0.25, 0.3) is 0 Å². The van der Waals surface area contributed by atoms with E-state index in [1.165, 1.54) is 12.8 Å². The molecule has 0 aromatic heterocycles. The van der Waals surface area contributed by atoms with Gasteiger partial charge in [-0.3, -0.25) is 4.79 Å². The molecule has 0 aromatic carbocycles. The minimum absolute atomic E-state index is 0.323. The molecule has 1 saturated carbocycles. The van der Waals surface area contributed by atoms with Crippen LogP contribution in [0.3, 0.4) is 0 Å². The maximum Gasteiger partial charge on any atom is 0.222 e. The number of nitrogens with zero attached hydrogens (tertiary/aromatic N) is 1. The maximum absolute atomic E-state index is 11.5. The Balaban J connectivity index is 1.69. The highest BCUT2D eigenvalue weighted by molar-refractivity contribution is 5.78. The molecule has 1 aliphatic carbocycles. The monoisotopic (exact) mass is 239 g/mol. The maximum atomic E-state index is 11.5. The SMILES string of the molecule is CC(CN1CCCC1=O)NC1CCC(N)CC1. The molecule has 1 amide bonds. The molecule has 4 heteroatoms. The van der Waals surface area contributed by atoms with E-state index in [4.69, 9.17) is 5.73 Å². The summed E-state index contributed by atoms with van der Waals surface area (Å²) >= 11 is 0. The number of amides is 1. The van der Waals surface area contributed by atoms with Crippen LogP contribution in [0.15, 0.2) is 0 Å². The summed E-state index contributed by atoms with van der Waals surface area (Å²) in [7, 11) is 0. The summed E-state index contributed by atoms with van der Waals surface area (Å²) in [5.41, 5.74) is 5.90. The smallest absolute Gasteiger partial charge is 0.222 e. The van der Waals surface area contributed by atoms with Crippen molar-refractivity contribution in [3.8, 4) is 0 Å². The van der Waals surface area contributed by atoms with Gasteiger partial charge in [-0.1, -0.05) is 0 Å². The van der Waals surface area contributed by atoms with E-state index in [0.29, 0.717) is 24.0 Å². The van der Waals surface area contributed by atoms with Crippen molar-refractivity contribution in [3.63, 3.8) is 0 Å². The Bertz CT molecular complexity index is 261. The number of carbonyl (C=O) groups excluding carboxylic acids is 1. The van der Waals surface area contributed by atoms with Crippen molar-refractivity contribution < 1.29 is 4.79 Å². The van der Waals surface area contributed by atoms with Gasteiger partial charge in [0.1, 0.15) is 0 Å². The summed E-state index contributed by atoms with van der Waals surface area (Å²) in [4.78, 5) is 13.5. The zero-order chi connectivity index (χ0) is 12.3. The lowest BCUT2D eigenvalue weighted by atomic mass is 9.91. The topological polar surface area (TPSA) is 58.4 Å². The van der Waals surface area contributed by atoms with Gasteiger partial charge < -0.3 is 16.0 Å². The van der Waals surface area contributed by atoms with E-state index < -0.39 is 0 Å². The van der Waals surface area contributed by atoms with Crippen molar-refractivity contribution in [2.24, 2.45) is 5.73 Å². The van der Waals surface area contributed by atoms with Crippen molar-refractivity contribution >= 4 is 5.91 Å². The third-order valence-electron chi connectivity index (χ3n) is 3.96. The zero-order valence-corrected chi connectivity index (χ0v) is 10.8. The molecule has 2 rings (SSSR count). The lowest BCUT2D eigenvalue weighted by Gasteiger charge is -2.31. The molecule has 4 nitrogen and oxygen atoms in total. The highest BCUT2D eigenvalue weighted by atomic mass is 16.2. The fraction of sp³-hybridized carbons (Fsp3) is 0.923. The number of likely N-dealkylation sites (tertiary alicyclic amines) is 1. The van der Waals surface area contributed by atoms with Gasteiger partial charge in [-0.05, 0) is 39.0 Å². The first-order valence-corrected chi connectivity index (χ1v) is 6.94. The second kappa shape index (κ2) is 5.83. The van der Waals surface area contributed by atoms with Crippen molar-refractivity contribution in [2.45, 2.75) is 63.6 Å². The van der Waals surface area contributed by atoms with Crippen LogP contribution in [-0.4, -0.2) is 42.0 Å². The van der Waals surface area contributed by atoms with Crippen LogP contribution < -0.4 is 11.1 Å². The van der Waals surface area contributed by atoms with Crippen LogP contribution in [0.4, 0.5) is 0 Å². The van der Waals surface area contributed by atoms with Crippen LogP contribution in [0.2, 0.25) is 0 Å². The number of hydrogen-bond donors (Lipinski definition) is 2. The summed E-state index contributed by atoms with van der Waals surface area (Å²) in [6, 6.07) is 1.40. The third-order valence-corrected chi connectivity index (χ3v) is 3.96. The molecule has 0 radical (unpaired) electrons. The predicted octanol–water partition coefficient (Wildman–Crippen LogP) is 0.857. The number of rotatable bonds is 4. The summed E-state index contributed by atoms with van der Waals surface area (Å²) in [5.74, 6) is 0.323. The largest absolute Gasteiger partial charge is 0.341 e. The molecule has 1 saturated heterocycles. The standard InChI is InChI=1S/C13H25N3O/c1-10(9-16-8-2-3-13(16)17)15-12-6-4-11(14)5-7-12/h10-12,15H,2-9,14H2,1H3. The first-order valence-electron chi connectivity index (χ1n) is 6.94. The molecule has 2 fully saturated rings. The van der Waals surface area contributed by atoms with Gasteiger partial charge in [0.05, 0.1) is 0 Å². The Hall–Kier alpha value is -0.610. The zero-order valence-electron chi connectivity index (χ0n) is 10.8. The van der Waals surface area contributed by atoms with Gasteiger partial charge in [0.2, 0.25) is 5.91 Å². The number of nitrogens with one attached hydrogen (secondary N) is 1. The molecule has 1 atom stereocenters. The van der Waals surface area contributed by atoms with Crippen molar-refractivity contribution in [2.75, 3.05) is 13.1 Å². The molecule has 98 valence electrons. The van der Waals surface area contributed by atoms with E-state index >= 15 is 0 Å². The summed E-state index contributed by atoms with van der Waals surface area (Å²) in [6.07, 6.45) is 6.40. The molecule has 3 N–H and O–H groups in total. The van der Waals surface area contributed by atoms with E-state index in [9.17, 15) is 4.79 Å². The van der Waals surface area contributed by atoms with Gasteiger partial charge in [0.15, 0.2) is 0 Å². The average Bonchev–Trinajstić information content (AvgIpc) is 2.68. The Kier molecular flexibility index (Phi) is 4.40. The average molecular weight is 239 g/mol. The molecule has 1 aliphatic heterocycles. The molecule has 1 heterocycles. The molecule has 2 aliphatic rings. The number of nitrogens with two attached hydrogens (primary N) is 1. The van der Waals surface area contributed by atoms with E-state index in [0.717, 1.165) is 38.8 Å². The Morgan fingerprint density at radius 3 is 2.71 bits per heavy atom. The number of carbonyl (C=O) groups is 1. The van der Waals surface area contributed by atoms with Crippen molar-refractivity contribution in [3.05, 3.63) is 0 Å². The van der Waals surface area contributed by atoms with Crippen LogP contribution in [-0.2, 0) is 4.79 Å². The minimum Gasteiger partial charge on any atom is -0.341 e. The molecule has 1 unspecified atom stereocenters. The minimum atomic E-state index is 0.323. The highest BCUT2D eigenvalue weighted by Crippen LogP contribution is 2.18. The number of hydrogen-bond acceptors (Lipinski definition) is 3. The third kappa shape index (κ3) is 3.68. The highest BCUT2D eigenvalue weighted by Gasteiger charge is 2.24. The molecule has 0 aromatic rings. The van der Waals surface area contributed by atoms with Crippen LogP contribution in [0.5, 0.6) is 0 Å². The first-order chi connectivity index (χ1) is 8.15. The summed E-state index contributed by atoms with van der Waals surface area (Å²) < 4.78 is 0. The van der Waals surface area contributed by atoms with Crippen LogP contribution in [0, 0.1) is 0 Å². The van der Waals surface area contributed by atoms with Gasteiger partial charge in [-0.2, -0.15) is 0 Å². The van der Waals surface area contributed by atoms with E-state index in [2.05, 4.69) is 12.2 Å². The fourth-order valence-electron chi connectivity index (χ4n) is 2.97. The van der Waals surface area contributed by atoms with Crippen molar-refractivity contribution in [1.82, 2.24) is 10.2 Å². The van der Waals surface area contributed by atoms with Crippen LogP contribution in [0.25, 0.3) is 0 Å². The van der Waals surface area contributed by atoms with Crippen LogP contribution >= 0.6 is 0 Å². The first kappa shape index (κ1) is 12.8. The fourth-order valence-corrected chi connectivity index (χ4v) is 2.97. The second-order valence-corrected chi connectivity index (χ2v) is 5.62. The Morgan fingerprint density at radius 2 is 2.12 bits per heavy atom. The second-order valence-electron chi connectivity index (χ2n) is 5.62. The lowest BCUT2D eigenvalue weighted by Crippen LogP contribution is -2.46. The van der Waals surface area contributed by atoms with Gasteiger partial charge in [0, 0.05) is 37.6 Å². The molecule has 0 bridgehead atoms. The van der Waals surface area contributed by atoms with Crippen molar-refractivity contribution in [1.29, 1.82) is 0 Å². The van der Waals surface area contributed by atoms with Crippen LogP contribution in [0.1, 0.15) is 45.4 Å². The molecule has 17 heavy (non-hydrogen) atoms. The Morgan fingerprint density at radius 1 is 1.41 bits per heavy atom. The molecular weight excluding hydrogens is 214 g/mol. The summed E-state index contributed by atoms with van der Waals surface area (Å²) in [5, 5.41) is 3.64. The predicted molar refractivity (Wildman–Crippen MR) is 68.6 cm³/mol. The normalized spacial score (nSPS) is 31.9. The lowest BCUT2D eigenvalue weighted by molar-refractivity contribution is -0.128. The van der Waals surface area contributed by atoms with Gasteiger partial charge in [-0.25, -0.2) is 0 Å². The van der Waals surface area contributed by atoms with E-state index in [1.807, 2.05) is 4.90 Å². The van der Waals surface area contributed by atoms with Gasteiger partial charge >= 0.3 is 0 Å². The van der Waals surface area contributed by atoms with E-state index in [-0.39, 0.29) is 0 Å². The molecular formula is C13H25N3O. The summed E-state index contributed by atoms with van der Waals surface area (Å²) in [6.45, 7) is 3.99. The quantitative estimate of drug-likeness (QED) is 0.765. The molecule has 0 spiro atoms. The van der Waals surface area contributed by atoms with Gasteiger partial charge in [-0.15, -0.1) is 0 Å².